The summed E-state index contributed by atoms with van der Waals surface area (Å²) < 4.78 is 25.6. The van der Waals surface area contributed by atoms with E-state index in [-0.39, 0.29) is 11.0 Å². The number of halogens is 1. The quantitative estimate of drug-likeness (QED) is 0.633. The van der Waals surface area contributed by atoms with Crippen LogP contribution in [0.1, 0.15) is 10.4 Å². The minimum atomic E-state index is -3.19. The van der Waals surface area contributed by atoms with E-state index >= 15 is 0 Å². The molecule has 0 aliphatic carbocycles. The number of benzene rings is 2. The molecule has 10 heteroatoms. The van der Waals surface area contributed by atoms with Crippen molar-refractivity contribution in [2.75, 3.05) is 42.7 Å². The largest absolute Gasteiger partial charge is 0.367 e. The van der Waals surface area contributed by atoms with Gasteiger partial charge in [-0.15, -0.1) is 0 Å². The number of hydrogen-bond acceptors (Lipinski definition) is 5. The van der Waals surface area contributed by atoms with Crippen LogP contribution in [0.4, 0.5) is 11.4 Å². The molecule has 2 N–H and O–H groups in total. The van der Waals surface area contributed by atoms with Gasteiger partial charge in [-0.1, -0.05) is 24.3 Å². The summed E-state index contributed by atoms with van der Waals surface area (Å²) in [5.74, 6) is -0.311. The predicted molar refractivity (Wildman–Crippen MR) is 123 cm³/mol. The number of para-hydroxylation sites is 2. The van der Waals surface area contributed by atoms with Crippen molar-refractivity contribution in [1.29, 1.82) is 0 Å². The molecule has 0 saturated carbocycles. The zero-order valence-corrected chi connectivity index (χ0v) is 19.0. The van der Waals surface area contributed by atoms with Gasteiger partial charge in [-0.05, 0) is 52.4 Å². The Morgan fingerprint density at radius 2 is 1.66 bits per heavy atom. The molecule has 2 aromatic rings. The first-order valence-corrected chi connectivity index (χ1v) is 12.0. The highest BCUT2D eigenvalue weighted by Crippen LogP contribution is 2.27. The topological polar surface area (TPSA) is 81.8 Å². The van der Waals surface area contributed by atoms with Gasteiger partial charge in [-0.25, -0.2) is 8.42 Å². The van der Waals surface area contributed by atoms with E-state index in [2.05, 4.69) is 31.5 Å². The van der Waals surface area contributed by atoms with E-state index in [1.165, 1.54) is 10.6 Å². The number of thiocarbonyl (C=S) groups is 1. The molecule has 0 radical (unpaired) electrons. The first-order valence-electron chi connectivity index (χ1n) is 8.91. The molecule has 1 amide bonds. The van der Waals surface area contributed by atoms with Crippen molar-refractivity contribution in [3.8, 4) is 0 Å². The number of nitrogens with zero attached hydrogens (tertiary/aromatic N) is 2. The van der Waals surface area contributed by atoms with E-state index in [1.807, 2.05) is 30.3 Å². The normalized spacial score (nSPS) is 15.0. The van der Waals surface area contributed by atoms with E-state index in [0.717, 1.165) is 11.4 Å². The van der Waals surface area contributed by atoms with E-state index in [1.54, 1.807) is 18.2 Å². The first kappa shape index (κ1) is 21.7. The zero-order valence-electron chi connectivity index (χ0n) is 15.8. The Labute approximate surface area is 184 Å². The van der Waals surface area contributed by atoms with E-state index in [4.69, 9.17) is 12.2 Å². The second-order valence-electron chi connectivity index (χ2n) is 6.55. The van der Waals surface area contributed by atoms with Gasteiger partial charge in [0.2, 0.25) is 10.0 Å². The van der Waals surface area contributed by atoms with Crippen molar-refractivity contribution >= 4 is 60.6 Å². The highest BCUT2D eigenvalue weighted by Gasteiger charge is 2.24. The van der Waals surface area contributed by atoms with Gasteiger partial charge >= 0.3 is 0 Å². The average Bonchev–Trinajstić information content (AvgIpc) is 2.68. The summed E-state index contributed by atoms with van der Waals surface area (Å²) >= 11 is 8.68. The molecule has 1 saturated heterocycles. The molecule has 0 bridgehead atoms. The average molecular weight is 497 g/mol. The Morgan fingerprint density at radius 3 is 2.31 bits per heavy atom. The second-order valence-corrected chi connectivity index (χ2v) is 9.80. The van der Waals surface area contributed by atoms with Crippen LogP contribution in [-0.4, -0.2) is 56.2 Å². The van der Waals surface area contributed by atoms with Gasteiger partial charge in [0, 0.05) is 30.7 Å². The summed E-state index contributed by atoms with van der Waals surface area (Å²) in [6.45, 7) is 2.00. The Hall–Kier alpha value is -2.01. The molecule has 0 spiro atoms. The van der Waals surface area contributed by atoms with Crippen molar-refractivity contribution in [2.45, 2.75) is 0 Å². The molecule has 29 heavy (non-hydrogen) atoms. The summed E-state index contributed by atoms with van der Waals surface area (Å²) in [6.07, 6.45) is 1.23. The van der Waals surface area contributed by atoms with Crippen molar-refractivity contribution in [2.24, 2.45) is 0 Å². The third-order valence-electron chi connectivity index (χ3n) is 4.55. The molecule has 7 nitrogen and oxygen atoms in total. The second kappa shape index (κ2) is 9.21. The number of anilines is 2. The summed E-state index contributed by atoms with van der Waals surface area (Å²) in [6, 6.07) is 14.7. The van der Waals surface area contributed by atoms with Gasteiger partial charge in [-0.3, -0.25) is 10.1 Å². The molecule has 1 aliphatic heterocycles. The highest BCUT2D eigenvalue weighted by molar-refractivity contribution is 9.10. The monoisotopic (exact) mass is 496 g/mol. The lowest BCUT2D eigenvalue weighted by Crippen LogP contribution is -2.48. The number of amides is 1. The zero-order chi connectivity index (χ0) is 21.0. The fourth-order valence-corrected chi connectivity index (χ4v) is 4.58. The van der Waals surface area contributed by atoms with Gasteiger partial charge in [0.1, 0.15) is 0 Å². The van der Waals surface area contributed by atoms with Gasteiger partial charge in [-0.2, -0.15) is 4.31 Å². The summed E-state index contributed by atoms with van der Waals surface area (Å²) in [7, 11) is -3.19. The van der Waals surface area contributed by atoms with Crippen LogP contribution < -0.4 is 15.5 Å². The summed E-state index contributed by atoms with van der Waals surface area (Å²) in [5.41, 5.74) is 2.14. The Morgan fingerprint density at radius 1 is 1.03 bits per heavy atom. The van der Waals surface area contributed by atoms with Crippen LogP contribution in [0.15, 0.2) is 53.0 Å². The minimum Gasteiger partial charge on any atom is -0.367 e. The van der Waals surface area contributed by atoms with E-state index < -0.39 is 10.0 Å². The number of carbonyl (C=O) groups excluding carboxylic acids is 1. The molecule has 154 valence electrons. The maximum absolute atomic E-state index is 12.4. The molecule has 3 rings (SSSR count). The number of rotatable bonds is 4. The van der Waals surface area contributed by atoms with Crippen LogP contribution in [0.25, 0.3) is 0 Å². The smallest absolute Gasteiger partial charge is 0.258 e. The van der Waals surface area contributed by atoms with Crippen molar-refractivity contribution in [3.63, 3.8) is 0 Å². The van der Waals surface area contributed by atoms with Crippen LogP contribution >= 0.6 is 28.1 Å². The summed E-state index contributed by atoms with van der Waals surface area (Å²) in [5, 5.41) is 5.96. The molecule has 0 aromatic heterocycles. The fraction of sp³-hybridized carbons (Fsp3) is 0.263. The van der Waals surface area contributed by atoms with E-state index in [0.29, 0.717) is 36.2 Å². The Bertz CT molecular complexity index is 1020. The van der Waals surface area contributed by atoms with Gasteiger partial charge in [0.05, 0.1) is 23.2 Å². The minimum absolute atomic E-state index is 0.188. The maximum atomic E-state index is 12.4. The molecule has 1 fully saturated rings. The van der Waals surface area contributed by atoms with Crippen LogP contribution in [0, 0.1) is 0 Å². The molecule has 0 unspecified atom stereocenters. The molecule has 2 aromatic carbocycles. The van der Waals surface area contributed by atoms with Gasteiger partial charge < -0.3 is 10.2 Å². The van der Waals surface area contributed by atoms with Crippen LogP contribution in [0.2, 0.25) is 0 Å². The lowest BCUT2D eigenvalue weighted by atomic mass is 10.2. The van der Waals surface area contributed by atoms with Crippen molar-refractivity contribution in [1.82, 2.24) is 9.62 Å². The number of hydrogen-bond donors (Lipinski definition) is 2. The molecular weight excluding hydrogens is 476 g/mol. The number of nitrogens with one attached hydrogen (secondary N) is 2. The van der Waals surface area contributed by atoms with Crippen molar-refractivity contribution in [3.05, 3.63) is 58.6 Å². The third-order valence-corrected chi connectivity index (χ3v) is 6.74. The number of piperazine rings is 1. The number of carbonyl (C=O) groups is 1. The maximum Gasteiger partial charge on any atom is 0.258 e. The molecule has 0 atom stereocenters. The summed E-state index contributed by atoms with van der Waals surface area (Å²) in [4.78, 5) is 14.5. The number of sulfonamides is 1. The Kier molecular flexibility index (Phi) is 6.89. The lowest BCUT2D eigenvalue weighted by molar-refractivity contribution is 0.0977. The highest BCUT2D eigenvalue weighted by atomic mass is 79.9. The predicted octanol–water partition coefficient (Wildman–Crippen LogP) is 2.66. The van der Waals surface area contributed by atoms with Crippen LogP contribution in [-0.2, 0) is 10.0 Å². The molecular formula is C19H21BrN4O3S2. The van der Waals surface area contributed by atoms with E-state index in [9.17, 15) is 13.2 Å². The third kappa shape index (κ3) is 5.53. The van der Waals surface area contributed by atoms with Crippen LogP contribution in [0.3, 0.4) is 0 Å². The lowest BCUT2D eigenvalue weighted by Gasteiger charge is -2.35. The Balaban J connectivity index is 1.67. The molecule has 1 aliphatic rings. The van der Waals surface area contributed by atoms with Crippen molar-refractivity contribution < 1.29 is 13.2 Å². The first-order chi connectivity index (χ1) is 13.8. The SMILES string of the molecule is CS(=O)(=O)N1CCN(c2ccccc2NC(=S)NC(=O)c2ccccc2Br)CC1. The standard InChI is InChI=1S/C19H21BrN4O3S2/c1-29(26,27)24-12-10-23(11-13-24)17-9-5-4-8-16(17)21-19(28)22-18(25)14-6-2-3-7-15(14)20/h2-9H,10-13H2,1H3,(H2,21,22,25,28). The van der Waals surface area contributed by atoms with Gasteiger partial charge in [0.25, 0.3) is 5.91 Å². The van der Waals surface area contributed by atoms with Gasteiger partial charge in [0.15, 0.2) is 5.11 Å². The fourth-order valence-electron chi connectivity index (χ4n) is 3.09. The van der Waals surface area contributed by atoms with Crippen LogP contribution in [0.5, 0.6) is 0 Å². The molecule has 1 heterocycles.